The zero-order valence-electron chi connectivity index (χ0n) is 26.5. The molecule has 1 amide bonds. The van der Waals surface area contributed by atoms with E-state index in [-0.39, 0.29) is 17.6 Å². The molecule has 0 spiro atoms. The van der Waals surface area contributed by atoms with Crippen molar-refractivity contribution in [3.8, 4) is 5.75 Å². The van der Waals surface area contributed by atoms with Crippen LogP contribution in [0.3, 0.4) is 0 Å². The molecule has 6 heteroatoms. The van der Waals surface area contributed by atoms with Crippen LogP contribution >= 0.6 is 0 Å². The van der Waals surface area contributed by atoms with Crippen molar-refractivity contribution in [1.29, 1.82) is 0 Å². The van der Waals surface area contributed by atoms with Crippen molar-refractivity contribution in [3.05, 3.63) is 96.1 Å². The number of nitrogens with one attached hydrogen (secondary N) is 1. The Hall–Kier alpha value is -3.51. The molecular formula is C38H49N3O3. The van der Waals surface area contributed by atoms with Crippen LogP contribution in [-0.2, 0) is 16.8 Å². The van der Waals surface area contributed by atoms with E-state index in [1.807, 2.05) is 54.4 Å². The fraction of sp³-hybridized carbons (Fsp3) is 0.500. The number of fused-ring (bicyclic) bond motifs is 2. The number of hydrogen-bond acceptors (Lipinski definition) is 5. The average Bonchev–Trinajstić information content (AvgIpc) is 3.37. The number of ether oxygens (including phenoxy) is 2. The SMILES string of the molecule is COc1ccccc1NC1CCC2CCC(C1)N2CCC1(c2ccccc2)CCC(N(C)C(=O)OCc2ccccc2)CC1. The Bertz CT molecular complexity index is 1340. The second-order valence-electron chi connectivity index (χ2n) is 13.3. The third-order valence-corrected chi connectivity index (χ3v) is 10.8. The summed E-state index contributed by atoms with van der Waals surface area (Å²) in [6, 6.07) is 31.4. The van der Waals surface area contributed by atoms with Crippen LogP contribution in [0.25, 0.3) is 0 Å². The Labute approximate surface area is 263 Å². The van der Waals surface area contributed by atoms with Gasteiger partial charge >= 0.3 is 6.09 Å². The second kappa shape index (κ2) is 14.1. The highest BCUT2D eigenvalue weighted by atomic mass is 16.6. The van der Waals surface area contributed by atoms with Gasteiger partial charge in [-0.3, -0.25) is 4.90 Å². The minimum atomic E-state index is -0.219. The van der Waals surface area contributed by atoms with Crippen molar-refractivity contribution in [2.75, 3.05) is 26.0 Å². The molecule has 3 fully saturated rings. The third-order valence-electron chi connectivity index (χ3n) is 10.8. The highest BCUT2D eigenvalue weighted by molar-refractivity contribution is 5.67. The highest BCUT2D eigenvalue weighted by Crippen LogP contribution is 2.45. The first-order valence-electron chi connectivity index (χ1n) is 16.7. The molecule has 44 heavy (non-hydrogen) atoms. The van der Waals surface area contributed by atoms with Crippen LogP contribution in [0.15, 0.2) is 84.9 Å². The average molecular weight is 596 g/mol. The molecule has 6 rings (SSSR count). The van der Waals surface area contributed by atoms with E-state index in [1.165, 1.54) is 44.1 Å². The van der Waals surface area contributed by atoms with Gasteiger partial charge in [-0.25, -0.2) is 4.79 Å². The van der Waals surface area contributed by atoms with Gasteiger partial charge in [0.05, 0.1) is 12.8 Å². The van der Waals surface area contributed by atoms with Crippen LogP contribution < -0.4 is 10.1 Å². The summed E-state index contributed by atoms with van der Waals surface area (Å²) in [7, 11) is 3.67. The standard InChI is InChI=1S/C38H49N3O3/c1-40(37(42)44-28-29-11-5-3-6-12-29)32-21-23-38(24-22-32,30-13-7-4-8-14-30)25-26-41-33-18-17-31(27-34(41)20-19-33)39-35-15-9-10-16-36(35)43-2/h3-16,31-34,39H,17-28H2,1-2H3. The summed E-state index contributed by atoms with van der Waals surface area (Å²) in [5, 5.41) is 3.83. The second-order valence-corrected chi connectivity index (χ2v) is 13.3. The maximum atomic E-state index is 13.0. The van der Waals surface area contributed by atoms with E-state index < -0.39 is 0 Å². The number of amides is 1. The summed E-state index contributed by atoms with van der Waals surface area (Å²) >= 11 is 0. The lowest BCUT2D eigenvalue weighted by molar-refractivity contribution is 0.0723. The molecule has 2 saturated heterocycles. The quantitative estimate of drug-likeness (QED) is 0.257. The van der Waals surface area contributed by atoms with Crippen LogP contribution in [0.1, 0.15) is 75.3 Å². The molecule has 3 unspecified atom stereocenters. The minimum absolute atomic E-state index is 0.146. The lowest BCUT2D eigenvalue weighted by Gasteiger charge is -2.44. The molecule has 1 saturated carbocycles. The van der Waals surface area contributed by atoms with Crippen LogP contribution in [0.5, 0.6) is 5.75 Å². The Morgan fingerprint density at radius 3 is 2.27 bits per heavy atom. The van der Waals surface area contributed by atoms with E-state index in [0.717, 1.165) is 49.2 Å². The third kappa shape index (κ3) is 6.91. The lowest BCUT2D eigenvalue weighted by atomic mass is 9.66. The maximum Gasteiger partial charge on any atom is 0.410 e. The van der Waals surface area contributed by atoms with Crippen LogP contribution in [0.4, 0.5) is 10.5 Å². The van der Waals surface area contributed by atoms with Gasteiger partial charge in [-0.15, -0.1) is 0 Å². The Morgan fingerprint density at radius 1 is 0.864 bits per heavy atom. The molecule has 2 bridgehead atoms. The van der Waals surface area contributed by atoms with E-state index in [2.05, 4.69) is 52.7 Å². The first-order valence-corrected chi connectivity index (χ1v) is 16.7. The Morgan fingerprint density at radius 2 is 1.52 bits per heavy atom. The zero-order chi connectivity index (χ0) is 30.4. The number of nitrogens with zero attached hydrogens (tertiary/aromatic N) is 2. The van der Waals surface area contributed by atoms with Gasteiger partial charge in [0.15, 0.2) is 0 Å². The Kier molecular flexibility index (Phi) is 9.76. The fourth-order valence-corrected chi connectivity index (χ4v) is 8.23. The van der Waals surface area contributed by atoms with Gasteiger partial charge in [0.25, 0.3) is 0 Å². The number of hydrogen-bond donors (Lipinski definition) is 1. The monoisotopic (exact) mass is 595 g/mol. The Balaban J connectivity index is 1.08. The normalized spacial score (nSPS) is 26.9. The molecule has 3 aromatic carbocycles. The van der Waals surface area contributed by atoms with Crippen molar-refractivity contribution in [3.63, 3.8) is 0 Å². The molecule has 1 N–H and O–H groups in total. The largest absolute Gasteiger partial charge is 0.495 e. The van der Waals surface area contributed by atoms with Gasteiger partial charge in [0.1, 0.15) is 12.4 Å². The molecule has 0 radical (unpaired) electrons. The number of carbonyl (C=O) groups excluding carboxylic acids is 1. The van der Waals surface area contributed by atoms with Gasteiger partial charge in [0.2, 0.25) is 0 Å². The number of anilines is 1. The highest BCUT2D eigenvalue weighted by Gasteiger charge is 2.42. The molecule has 2 aliphatic heterocycles. The van der Waals surface area contributed by atoms with Crippen molar-refractivity contribution >= 4 is 11.8 Å². The van der Waals surface area contributed by atoms with Gasteiger partial charge in [-0.1, -0.05) is 72.8 Å². The number of carbonyl (C=O) groups is 1. The summed E-state index contributed by atoms with van der Waals surface area (Å²) in [5.41, 5.74) is 3.74. The molecule has 3 aromatic rings. The van der Waals surface area contributed by atoms with Crippen molar-refractivity contribution in [2.24, 2.45) is 0 Å². The molecule has 1 aliphatic carbocycles. The summed E-state index contributed by atoms with van der Waals surface area (Å²) < 4.78 is 11.3. The minimum Gasteiger partial charge on any atom is -0.495 e. The molecule has 0 aromatic heterocycles. The lowest BCUT2D eigenvalue weighted by Crippen LogP contribution is -2.45. The first kappa shape index (κ1) is 30.5. The van der Waals surface area contributed by atoms with Crippen molar-refractivity contribution in [1.82, 2.24) is 9.80 Å². The predicted octanol–water partition coefficient (Wildman–Crippen LogP) is 8.03. The molecule has 3 aliphatic rings. The van der Waals surface area contributed by atoms with E-state index in [9.17, 15) is 4.79 Å². The van der Waals surface area contributed by atoms with Gasteiger partial charge in [0, 0.05) is 31.2 Å². The fourth-order valence-electron chi connectivity index (χ4n) is 8.23. The molecule has 234 valence electrons. The van der Waals surface area contributed by atoms with Crippen LogP contribution in [0.2, 0.25) is 0 Å². The maximum absolute atomic E-state index is 13.0. The molecular weight excluding hydrogens is 546 g/mol. The number of methoxy groups -OCH3 is 1. The van der Waals surface area contributed by atoms with Crippen LogP contribution in [0, 0.1) is 0 Å². The number of rotatable bonds is 10. The smallest absolute Gasteiger partial charge is 0.410 e. The van der Waals surface area contributed by atoms with Gasteiger partial charge in [-0.05, 0) is 99.4 Å². The summed E-state index contributed by atoms with van der Waals surface area (Å²) in [6.45, 7) is 1.46. The van der Waals surface area contributed by atoms with Crippen molar-refractivity contribution in [2.45, 2.75) is 100 Å². The number of benzene rings is 3. The van der Waals surface area contributed by atoms with Gasteiger partial charge < -0.3 is 19.7 Å². The van der Waals surface area contributed by atoms with Crippen LogP contribution in [-0.4, -0.2) is 60.8 Å². The molecule has 2 heterocycles. The summed E-state index contributed by atoms with van der Waals surface area (Å²) in [5.74, 6) is 0.925. The van der Waals surface area contributed by atoms with E-state index in [0.29, 0.717) is 24.7 Å². The van der Waals surface area contributed by atoms with E-state index in [4.69, 9.17) is 9.47 Å². The molecule has 3 atom stereocenters. The summed E-state index contributed by atoms with van der Waals surface area (Å²) in [6.07, 6.45) is 11.4. The zero-order valence-corrected chi connectivity index (χ0v) is 26.5. The van der Waals surface area contributed by atoms with E-state index >= 15 is 0 Å². The number of para-hydroxylation sites is 2. The predicted molar refractivity (Wildman–Crippen MR) is 177 cm³/mol. The van der Waals surface area contributed by atoms with Gasteiger partial charge in [-0.2, -0.15) is 0 Å². The summed E-state index contributed by atoms with van der Waals surface area (Å²) in [4.78, 5) is 17.7. The van der Waals surface area contributed by atoms with E-state index in [1.54, 1.807) is 7.11 Å². The first-order chi connectivity index (χ1) is 21.5. The van der Waals surface area contributed by atoms with Crippen molar-refractivity contribution < 1.29 is 14.3 Å². The molecule has 6 nitrogen and oxygen atoms in total. The topological polar surface area (TPSA) is 54.0 Å².